The minimum absolute atomic E-state index is 0.732. The topological polar surface area (TPSA) is 12.0 Å². The van der Waals surface area contributed by atoms with E-state index in [4.69, 9.17) is 0 Å². The molecule has 3 atom stereocenters. The zero-order valence-electron chi connectivity index (χ0n) is 9.70. The third kappa shape index (κ3) is 2.82. The molecule has 0 saturated heterocycles. The van der Waals surface area contributed by atoms with E-state index in [1.807, 2.05) is 11.3 Å². The van der Waals surface area contributed by atoms with E-state index in [0.717, 1.165) is 24.4 Å². The average molecular weight is 223 g/mol. The summed E-state index contributed by atoms with van der Waals surface area (Å²) < 4.78 is 0. The first kappa shape index (κ1) is 11.2. The minimum atomic E-state index is 0.732. The quantitative estimate of drug-likeness (QED) is 0.824. The molecule has 1 aliphatic rings. The molecule has 2 rings (SSSR count). The van der Waals surface area contributed by atoms with Gasteiger partial charge in [-0.2, -0.15) is 0 Å². The van der Waals surface area contributed by atoms with E-state index >= 15 is 0 Å². The summed E-state index contributed by atoms with van der Waals surface area (Å²) in [4.78, 5) is 1.46. The molecule has 2 heteroatoms. The molecule has 1 N–H and O–H groups in total. The molecule has 1 nitrogen and oxygen atoms in total. The maximum atomic E-state index is 3.71. The summed E-state index contributed by atoms with van der Waals surface area (Å²) >= 11 is 1.85. The van der Waals surface area contributed by atoms with Crippen molar-refractivity contribution in [2.24, 2.45) is 11.8 Å². The molecule has 0 aliphatic heterocycles. The van der Waals surface area contributed by atoms with Crippen LogP contribution in [0.25, 0.3) is 0 Å². The predicted octanol–water partition coefficient (Wildman–Crippen LogP) is 3.66. The highest BCUT2D eigenvalue weighted by Crippen LogP contribution is 2.29. The van der Waals surface area contributed by atoms with Crippen LogP contribution in [0.1, 0.15) is 38.0 Å². The normalized spacial score (nSPS) is 31.7. The summed E-state index contributed by atoms with van der Waals surface area (Å²) in [7, 11) is 0. The van der Waals surface area contributed by atoms with Gasteiger partial charge in [0.05, 0.1) is 0 Å². The maximum absolute atomic E-state index is 3.71. The minimum Gasteiger partial charge on any atom is -0.309 e. The molecule has 1 aliphatic carbocycles. The number of nitrogens with one attached hydrogen (secondary N) is 1. The number of thiophene rings is 1. The van der Waals surface area contributed by atoms with Crippen LogP contribution in [0.4, 0.5) is 0 Å². The Hall–Kier alpha value is -0.340. The Morgan fingerprint density at radius 1 is 1.40 bits per heavy atom. The molecule has 0 bridgehead atoms. The lowest BCUT2D eigenvalue weighted by molar-refractivity contribution is 0.206. The molecule has 0 amide bonds. The van der Waals surface area contributed by atoms with Gasteiger partial charge in [0.2, 0.25) is 0 Å². The molecule has 0 spiro atoms. The van der Waals surface area contributed by atoms with E-state index in [0.29, 0.717) is 0 Å². The third-order valence-electron chi connectivity index (χ3n) is 3.83. The fraction of sp³-hybridized carbons (Fsp3) is 0.692. The maximum Gasteiger partial charge on any atom is 0.0302 e. The van der Waals surface area contributed by atoms with Crippen LogP contribution in [0.3, 0.4) is 0 Å². The second-order valence-electron chi connectivity index (χ2n) is 4.83. The van der Waals surface area contributed by atoms with Crippen LogP contribution in [0.2, 0.25) is 0 Å². The van der Waals surface area contributed by atoms with Gasteiger partial charge in [0.1, 0.15) is 0 Å². The zero-order chi connectivity index (χ0) is 10.7. The molecule has 1 aromatic rings. The van der Waals surface area contributed by atoms with Crippen molar-refractivity contribution in [3.8, 4) is 0 Å². The second kappa shape index (κ2) is 5.13. The standard InChI is InChI=1S/C13H21NS/c1-10-5-3-7-13(11(10)2)14-9-12-6-4-8-15-12/h4,6,8,10-11,13-14H,3,5,7,9H2,1-2H3/t10-,11+,13-/m0/s1. The Kier molecular flexibility index (Phi) is 3.81. The summed E-state index contributed by atoms with van der Waals surface area (Å²) in [6, 6.07) is 5.08. The first-order valence-electron chi connectivity index (χ1n) is 6.03. The molecule has 84 valence electrons. The number of rotatable bonds is 3. The Labute approximate surface area is 96.9 Å². The monoisotopic (exact) mass is 223 g/mol. The molecule has 1 aromatic heterocycles. The highest BCUT2D eigenvalue weighted by molar-refractivity contribution is 7.09. The fourth-order valence-corrected chi connectivity index (χ4v) is 3.17. The van der Waals surface area contributed by atoms with Crippen molar-refractivity contribution < 1.29 is 0 Å². The van der Waals surface area contributed by atoms with Gasteiger partial charge >= 0.3 is 0 Å². The van der Waals surface area contributed by atoms with Gasteiger partial charge in [-0.05, 0) is 29.7 Å². The van der Waals surface area contributed by atoms with Crippen molar-refractivity contribution in [1.29, 1.82) is 0 Å². The Bertz CT molecular complexity index is 281. The van der Waals surface area contributed by atoms with Crippen molar-refractivity contribution in [1.82, 2.24) is 5.32 Å². The van der Waals surface area contributed by atoms with Crippen LogP contribution in [0, 0.1) is 11.8 Å². The molecule has 1 saturated carbocycles. The molecule has 1 fully saturated rings. The van der Waals surface area contributed by atoms with Crippen LogP contribution in [-0.4, -0.2) is 6.04 Å². The van der Waals surface area contributed by atoms with Crippen molar-refractivity contribution in [2.45, 2.75) is 45.7 Å². The molecule has 1 heterocycles. The van der Waals surface area contributed by atoms with Crippen LogP contribution in [-0.2, 0) is 6.54 Å². The van der Waals surface area contributed by atoms with Gasteiger partial charge in [0.25, 0.3) is 0 Å². The van der Waals surface area contributed by atoms with Gasteiger partial charge in [0.15, 0.2) is 0 Å². The van der Waals surface area contributed by atoms with Crippen molar-refractivity contribution >= 4 is 11.3 Å². The smallest absolute Gasteiger partial charge is 0.0302 e. The lowest BCUT2D eigenvalue weighted by Crippen LogP contribution is -2.40. The van der Waals surface area contributed by atoms with Crippen LogP contribution in [0.15, 0.2) is 17.5 Å². The van der Waals surface area contributed by atoms with Crippen molar-refractivity contribution in [2.75, 3.05) is 0 Å². The lowest BCUT2D eigenvalue weighted by atomic mass is 9.78. The fourth-order valence-electron chi connectivity index (χ4n) is 2.51. The van der Waals surface area contributed by atoms with Gasteiger partial charge in [-0.3, -0.25) is 0 Å². The second-order valence-corrected chi connectivity index (χ2v) is 5.87. The highest BCUT2D eigenvalue weighted by Gasteiger charge is 2.26. The van der Waals surface area contributed by atoms with E-state index in [-0.39, 0.29) is 0 Å². The van der Waals surface area contributed by atoms with Gasteiger partial charge in [-0.15, -0.1) is 11.3 Å². The van der Waals surface area contributed by atoms with E-state index < -0.39 is 0 Å². The first-order chi connectivity index (χ1) is 7.27. The summed E-state index contributed by atoms with van der Waals surface area (Å²) in [5, 5.41) is 5.87. The first-order valence-corrected chi connectivity index (χ1v) is 6.91. The summed E-state index contributed by atoms with van der Waals surface area (Å²) in [5.74, 6) is 1.72. The van der Waals surface area contributed by atoms with E-state index in [2.05, 4.69) is 36.7 Å². The van der Waals surface area contributed by atoms with Crippen molar-refractivity contribution in [3.63, 3.8) is 0 Å². The predicted molar refractivity (Wildman–Crippen MR) is 67.1 cm³/mol. The van der Waals surface area contributed by atoms with E-state index in [9.17, 15) is 0 Å². The summed E-state index contributed by atoms with van der Waals surface area (Å²) in [5.41, 5.74) is 0. The van der Waals surface area contributed by atoms with Gasteiger partial charge in [0, 0.05) is 17.5 Å². The number of hydrogen-bond acceptors (Lipinski definition) is 2. The lowest BCUT2D eigenvalue weighted by Gasteiger charge is -2.34. The molecule has 0 radical (unpaired) electrons. The van der Waals surface area contributed by atoms with Crippen molar-refractivity contribution in [3.05, 3.63) is 22.4 Å². The highest BCUT2D eigenvalue weighted by atomic mass is 32.1. The van der Waals surface area contributed by atoms with Crippen LogP contribution < -0.4 is 5.32 Å². The molecular weight excluding hydrogens is 202 g/mol. The van der Waals surface area contributed by atoms with E-state index in [1.165, 1.54) is 24.1 Å². The van der Waals surface area contributed by atoms with Crippen LogP contribution in [0.5, 0.6) is 0 Å². The average Bonchev–Trinajstić information content (AvgIpc) is 2.73. The SMILES string of the molecule is C[C@H]1[C@@H](NCc2cccs2)CCC[C@@H]1C. The van der Waals surface area contributed by atoms with Gasteiger partial charge in [-0.25, -0.2) is 0 Å². The van der Waals surface area contributed by atoms with Gasteiger partial charge in [-0.1, -0.05) is 32.8 Å². The zero-order valence-corrected chi connectivity index (χ0v) is 10.5. The summed E-state index contributed by atoms with van der Waals surface area (Å²) in [6.45, 7) is 5.85. The van der Waals surface area contributed by atoms with E-state index in [1.54, 1.807) is 0 Å². The molecule has 0 aromatic carbocycles. The third-order valence-corrected chi connectivity index (χ3v) is 4.70. The largest absolute Gasteiger partial charge is 0.309 e. The van der Waals surface area contributed by atoms with Crippen LogP contribution >= 0.6 is 11.3 Å². The molecule has 15 heavy (non-hydrogen) atoms. The number of hydrogen-bond donors (Lipinski definition) is 1. The van der Waals surface area contributed by atoms with Gasteiger partial charge < -0.3 is 5.32 Å². The Morgan fingerprint density at radius 3 is 3.00 bits per heavy atom. The Morgan fingerprint density at radius 2 is 2.27 bits per heavy atom. The summed E-state index contributed by atoms with van der Waals surface area (Å²) in [6.07, 6.45) is 4.17. The molecular formula is C13H21NS. The molecule has 0 unspecified atom stereocenters. The Balaban J connectivity index is 1.83.